The van der Waals surface area contributed by atoms with Crippen molar-refractivity contribution >= 4 is 8.07 Å². The number of benzene rings is 1. The summed E-state index contributed by atoms with van der Waals surface area (Å²) in [6, 6.07) is 10.0. The minimum atomic E-state index is -1.77. The van der Waals surface area contributed by atoms with Crippen LogP contribution < -0.4 is 0 Å². The Morgan fingerprint density at radius 1 is 1.11 bits per heavy atom. The second-order valence-corrected chi connectivity index (χ2v) is 11.4. The minimum Gasteiger partial charge on any atom is -0.388 e. The number of hydrogen-bond donors (Lipinski definition) is 1. The molecular weight excluding hydrogens is 248 g/mol. The molecule has 0 aliphatic heterocycles. The highest BCUT2D eigenvalue weighted by Crippen LogP contribution is 2.34. The summed E-state index contributed by atoms with van der Waals surface area (Å²) in [5.41, 5.74) is 1.01. The molecule has 1 N–H and O–H groups in total. The molecule has 0 aromatic heterocycles. The summed E-state index contributed by atoms with van der Waals surface area (Å²) in [6.45, 7) is 8.78. The summed E-state index contributed by atoms with van der Waals surface area (Å²) in [6.07, 6.45) is 3.80. The van der Waals surface area contributed by atoms with Gasteiger partial charge < -0.3 is 5.11 Å². The van der Waals surface area contributed by atoms with E-state index in [1.165, 1.54) is 6.42 Å². The molecule has 0 bridgehead atoms. The van der Waals surface area contributed by atoms with E-state index >= 15 is 0 Å². The Morgan fingerprint density at radius 2 is 1.74 bits per heavy atom. The van der Waals surface area contributed by atoms with E-state index in [1.807, 2.05) is 30.3 Å². The Labute approximate surface area is 119 Å². The molecule has 0 saturated carbocycles. The van der Waals surface area contributed by atoms with Crippen LogP contribution in [0.3, 0.4) is 0 Å². The fourth-order valence-electron chi connectivity index (χ4n) is 2.06. The number of aliphatic hydroxyl groups is 1. The van der Waals surface area contributed by atoms with Crippen LogP contribution in [0.5, 0.6) is 0 Å². The maximum Gasteiger partial charge on any atom is 0.0891 e. The first kappa shape index (κ1) is 16.0. The third-order valence-electron chi connectivity index (χ3n) is 3.62. The van der Waals surface area contributed by atoms with Gasteiger partial charge in [0.15, 0.2) is 0 Å². The Kier molecular flexibility index (Phi) is 5.84. The zero-order valence-corrected chi connectivity index (χ0v) is 13.7. The molecule has 1 unspecified atom stereocenters. The van der Waals surface area contributed by atoms with Crippen LogP contribution >= 0.6 is 0 Å². The minimum absolute atomic E-state index is 0.552. The van der Waals surface area contributed by atoms with Crippen molar-refractivity contribution in [2.24, 2.45) is 0 Å². The van der Waals surface area contributed by atoms with E-state index in [0.29, 0.717) is 6.42 Å². The van der Waals surface area contributed by atoms with Crippen molar-refractivity contribution in [2.75, 3.05) is 0 Å². The highest BCUT2D eigenvalue weighted by molar-refractivity contribution is 6.78. The van der Waals surface area contributed by atoms with E-state index in [2.05, 4.69) is 38.4 Å². The van der Waals surface area contributed by atoms with E-state index in [4.69, 9.17) is 0 Å². The number of unbranched alkanes of at least 4 members (excludes halogenated alkanes) is 2. The second-order valence-electron chi connectivity index (χ2n) is 6.11. The Hall–Kier alpha value is -1.04. The predicted octanol–water partition coefficient (Wildman–Crippen LogP) is 4.34. The molecular formula is C17H26OSi. The molecule has 2 heteroatoms. The van der Waals surface area contributed by atoms with Crippen molar-refractivity contribution in [1.82, 2.24) is 0 Å². The first-order valence-electron chi connectivity index (χ1n) is 7.15. The van der Waals surface area contributed by atoms with Crippen molar-refractivity contribution in [3.05, 3.63) is 35.9 Å². The van der Waals surface area contributed by atoms with Crippen molar-refractivity contribution in [1.29, 1.82) is 0 Å². The summed E-state index contributed by atoms with van der Waals surface area (Å²) in [4.78, 5) is 0. The average Bonchev–Trinajstić information content (AvgIpc) is 2.38. The van der Waals surface area contributed by atoms with Gasteiger partial charge in [-0.05, 0) is 12.0 Å². The summed E-state index contributed by atoms with van der Waals surface area (Å²) >= 11 is 0. The van der Waals surface area contributed by atoms with Crippen LogP contribution in [0, 0.1) is 11.8 Å². The van der Waals surface area contributed by atoms with Crippen LogP contribution in [0.25, 0.3) is 0 Å². The van der Waals surface area contributed by atoms with Crippen molar-refractivity contribution in [2.45, 2.75) is 57.5 Å². The molecule has 0 spiro atoms. The lowest BCUT2D eigenvalue weighted by Crippen LogP contribution is -2.49. The first-order chi connectivity index (χ1) is 8.92. The summed E-state index contributed by atoms with van der Waals surface area (Å²) in [7, 11) is -1.77. The number of hydrogen-bond acceptors (Lipinski definition) is 1. The van der Waals surface area contributed by atoms with E-state index in [0.717, 1.165) is 18.4 Å². The van der Waals surface area contributed by atoms with Gasteiger partial charge in [-0.15, -0.1) is 11.8 Å². The largest absolute Gasteiger partial charge is 0.388 e. The van der Waals surface area contributed by atoms with Crippen LogP contribution in [0.4, 0.5) is 0 Å². The standard InChI is InChI=1S/C17H26OSi/c1-5-6-7-8-12-15-17(18,19(2,3)4)16-13-10-9-11-14-16/h9-11,13-14,18H,5-7,15H2,1-4H3. The molecule has 0 aliphatic rings. The van der Waals surface area contributed by atoms with Gasteiger partial charge in [0.05, 0.1) is 13.3 Å². The van der Waals surface area contributed by atoms with Gasteiger partial charge in [0, 0.05) is 12.8 Å². The van der Waals surface area contributed by atoms with Gasteiger partial charge in [-0.2, -0.15) is 0 Å². The van der Waals surface area contributed by atoms with Gasteiger partial charge in [0.2, 0.25) is 0 Å². The zero-order chi connectivity index (χ0) is 14.4. The smallest absolute Gasteiger partial charge is 0.0891 e. The molecule has 1 rings (SSSR count). The van der Waals surface area contributed by atoms with Crippen LogP contribution in [0.15, 0.2) is 30.3 Å². The predicted molar refractivity (Wildman–Crippen MR) is 85.6 cm³/mol. The molecule has 0 radical (unpaired) electrons. The fourth-order valence-corrected chi connectivity index (χ4v) is 3.71. The summed E-state index contributed by atoms with van der Waals surface area (Å²) in [5, 5.41) is 10.4. The van der Waals surface area contributed by atoms with Gasteiger partial charge in [0.1, 0.15) is 0 Å². The SMILES string of the molecule is CCCCC#CCC(O)(c1ccccc1)[Si](C)(C)C. The monoisotopic (exact) mass is 274 g/mol. The van der Waals surface area contributed by atoms with Gasteiger partial charge in [-0.25, -0.2) is 0 Å². The molecule has 0 fully saturated rings. The van der Waals surface area contributed by atoms with Gasteiger partial charge >= 0.3 is 0 Å². The molecule has 1 aromatic rings. The molecule has 0 aliphatic carbocycles. The van der Waals surface area contributed by atoms with Crippen LogP contribution in [-0.2, 0) is 5.22 Å². The van der Waals surface area contributed by atoms with Crippen LogP contribution in [0.2, 0.25) is 19.6 Å². The summed E-state index contributed by atoms with van der Waals surface area (Å²) < 4.78 is 0. The molecule has 1 nitrogen and oxygen atoms in total. The molecule has 19 heavy (non-hydrogen) atoms. The Bertz CT molecular complexity index is 436. The normalized spacial score (nSPS) is 14.4. The van der Waals surface area contributed by atoms with E-state index in [-0.39, 0.29) is 0 Å². The topological polar surface area (TPSA) is 20.2 Å². The summed E-state index contributed by atoms with van der Waals surface area (Å²) in [5.74, 6) is 6.40. The molecule has 1 aromatic carbocycles. The lowest BCUT2D eigenvalue weighted by atomic mass is 10.1. The highest BCUT2D eigenvalue weighted by atomic mass is 28.3. The molecule has 104 valence electrons. The van der Waals surface area contributed by atoms with E-state index < -0.39 is 13.3 Å². The lowest BCUT2D eigenvalue weighted by Gasteiger charge is -2.38. The van der Waals surface area contributed by atoms with Crippen molar-refractivity contribution < 1.29 is 5.11 Å². The first-order valence-corrected chi connectivity index (χ1v) is 10.7. The van der Waals surface area contributed by atoms with Crippen LogP contribution in [0.1, 0.15) is 38.2 Å². The maximum absolute atomic E-state index is 11.1. The Balaban J connectivity index is 2.92. The molecule has 0 saturated heterocycles. The van der Waals surface area contributed by atoms with E-state index in [1.54, 1.807) is 0 Å². The second kappa shape index (κ2) is 6.93. The fraction of sp³-hybridized carbons (Fsp3) is 0.529. The third kappa shape index (κ3) is 4.23. The van der Waals surface area contributed by atoms with Gasteiger partial charge in [-0.1, -0.05) is 63.3 Å². The van der Waals surface area contributed by atoms with E-state index in [9.17, 15) is 5.11 Å². The average molecular weight is 274 g/mol. The van der Waals surface area contributed by atoms with Gasteiger partial charge in [-0.3, -0.25) is 0 Å². The van der Waals surface area contributed by atoms with Crippen molar-refractivity contribution in [3.8, 4) is 11.8 Å². The van der Waals surface area contributed by atoms with Crippen molar-refractivity contribution in [3.63, 3.8) is 0 Å². The molecule has 0 heterocycles. The number of rotatable bonds is 5. The van der Waals surface area contributed by atoms with Crippen LogP contribution in [-0.4, -0.2) is 13.2 Å². The highest BCUT2D eigenvalue weighted by Gasteiger charge is 2.42. The quantitative estimate of drug-likeness (QED) is 0.481. The molecule has 1 atom stereocenters. The Morgan fingerprint density at radius 3 is 2.26 bits per heavy atom. The molecule has 0 amide bonds. The van der Waals surface area contributed by atoms with Gasteiger partial charge in [0.25, 0.3) is 0 Å². The zero-order valence-electron chi connectivity index (χ0n) is 12.7. The third-order valence-corrected chi connectivity index (χ3v) is 6.56. The lowest BCUT2D eigenvalue weighted by molar-refractivity contribution is 0.120. The maximum atomic E-state index is 11.1.